The molecule has 0 aliphatic heterocycles. The van der Waals surface area contributed by atoms with E-state index in [2.05, 4.69) is 42.5 Å². The number of hydrogen-bond acceptors (Lipinski definition) is 1. The highest BCUT2D eigenvalue weighted by atomic mass is 28.2. The average molecular weight is 191 g/mol. The minimum atomic E-state index is 0.647. The van der Waals surface area contributed by atoms with E-state index in [0.29, 0.717) is 6.61 Å². The summed E-state index contributed by atoms with van der Waals surface area (Å²) >= 11 is 0. The fourth-order valence-corrected chi connectivity index (χ4v) is 1.84. The van der Waals surface area contributed by atoms with Gasteiger partial charge >= 0.3 is 0 Å². The van der Waals surface area contributed by atoms with Crippen molar-refractivity contribution >= 4 is 10.5 Å². The van der Waals surface area contributed by atoms with Gasteiger partial charge in [-0.15, -0.1) is 0 Å². The first-order valence-electron chi connectivity index (χ1n) is 4.71. The molecule has 0 heterocycles. The van der Waals surface area contributed by atoms with Crippen molar-refractivity contribution in [2.75, 3.05) is 0 Å². The molecule has 1 nitrogen and oxygen atoms in total. The van der Waals surface area contributed by atoms with Gasteiger partial charge in [0.2, 0.25) is 10.5 Å². The van der Waals surface area contributed by atoms with Crippen molar-refractivity contribution in [3.8, 4) is 0 Å². The zero-order valence-corrected chi connectivity index (χ0v) is 9.26. The van der Waals surface area contributed by atoms with Crippen LogP contribution in [0.5, 0.6) is 0 Å². The van der Waals surface area contributed by atoms with E-state index >= 15 is 0 Å². The monoisotopic (exact) mass is 191 g/mol. The van der Waals surface area contributed by atoms with E-state index in [0.717, 1.165) is 12.8 Å². The lowest BCUT2D eigenvalue weighted by molar-refractivity contribution is 0.337. The Kier molecular flexibility index (Phi) is 4.19. The largest absolute Gasteiger partial charge is 0.414 e. The second-order valence-electron chi connectivity index (χ2n) is 3.05. The van der Waals surface area contributed by atoms with Crippen molar-refractivity contribution in [1.82, 2.24) is 0 Å². The standard InChI is InChI=1S/C11H15OSi/c1-3-9-6-5-7-10(8-12-13)11(9)4-2/h5-7H,3-4,8H2,1-2H3. The molecule has 13 heavy (non-hydrogen) atoms. The zero-order chi connectivity index (χ0) is 9.68. The fourth-order valence-electron chi connectivity index (χ4n) is 1.69. The molecule has 0 atom stereocenters. The molecule has 0 aliphatic rings. The van der Waals surface area contributed by atoms with Crippen molar-refractivity contribution in [3.63, 3.8) is 0 Å². The van der Waals surface area contributed by atoms with E-state index in [1.807, 2.05) is 0 Å². The van der Waals surface area contributed by atoms with Crippen molar-refractivity contribution < 1.29 is 4.43 Å². The van der Waals surface area contributed by atoms with Gasteiger partial charge in [0.15, 0.2) is 0 Å². The van der Waals surface area contributed by atoms with Crippen LogP contribution < -0.4 is 0 Å². The number of aryl methyl sites for hydroxylation is 1. The van der Waals surface area contributed by atoms with Crippen LogP contribution in [0, 0.1) is 0 Å². The fraction of sp³-hybridized carbons (Fsp3) is 0.455. The molecule has 0 N–H and O–H groups in total. The number of rotatable bonds is 4. The highest BCUT2D eigenvalue weighted by molar-refractivity contribution is 5.97. The first-order chi connectivity index (χ1) is 6.33. The Morgan fingerprint density at radius 3 is 2.38 bits per heavy atom. The summed E-state index contributed by atoms with van der Waals surface area (Å²) in [6.07, 6.45) is 2.17. The van der Waals surface area contributed by atoms with Gasteiger partial charge in [0.25, 0.3) is 0 Å². The van der Waals surface area contributed by atoms with Crippen LogP contribution >= 0.6 is 0 Å². The number of benzene rings is 1. The van der Waals surface area contributed by atoms with E-state index < -0.39 is 0 Å². The third-order valence-corrected chi connectivity index (χ3v) is 2.48. The summed E-state index contributed by atoms with van der Waals surface area (Å²) in [5.41, 5.74) is 4.16. The quantitative estimate of drug-likeness (QED) is 0.664. The molecule has 1 aromatic rings. The molecule has 69 valence electrons. The predicted molar refractivity (Wildman–Crippen MR) is 55.7 cm³/mol. The van der Waals surface area contributed by atoms with Crippen molar-refractivity contribution in [1.29, 1.82) is 0 Å². The van der Waals surface area contributed by atoms with Crippen molar-refractivity contribution in [3.05, 3.63) is 34.9 Å². The minimum Gasteiger partial charge on any atom is -0.414 e. The molecule has 3 radical (unpaired) electrons. The highest BCUT2D eigenvalue weighted by Crippen LogP contribution is 2.16. The molecule has 1 rings (SSSR count). The molecular formula is C11H15OSi. The van der Waals surface area contributed by atoms with E-state index in [9.17, 15) is 0 Å². The Hall–Kier alpha value is -0.603. The first-order valence-corrected chi connectivity index (χ1v) is 5.12. The number of hydrogen-bond donors (Lipinski definition) is 0. The maximum atomic E-state index is 4.98. The van der Waals surface area contributed by atoms with Crippen molar-refractivity contribution in [2.45, 2.75) is 33.3 Å². The molecule has 0 saturated heterocycles. The van der Waals surface area contributed by atoms with Crippen LogP contribution in [0.4, 0.5) is 0 Å². The van der Waals surface area contributed by atoms with Crippen LogP contribution in [0.1, 0.15) is 30.5 Å². The lowest BCUT2D eigenvalue weighted by Gasteiger charge is -2.11. The van der Waals surface area contributed by atoms with E-state index in [4.69, 9.17) is 4.43 Å². The Labute approximate surface area is 83.7 Å². The SMILES string of the molecule is CCc1cccc(CO[Si])c1CC. The van der Waals surface area contributed by atoms with Gasteiger partial charge in [-0.25, -0.2) is 0 Å². The molecule has 0 amide bonds. The minimum absolute atomic E-state index is 0.647. The molecule has 1 aromatic carbocycles. The lowest BCUT2D eigenvalue weighted by atomic mass is 9.98. The van der Waals surface area contributed by atoms with Gasteiger partial charge in [0, 0.05) is 0 Å². The predicted octanol–water partition coefficient (Wildman–Crippen LogP) is 2.41. The Bertz CT molecular complexity index is 271. The van der Waals surface area contributed by atoms with Crippen LogP contribution in [0.15, 0.2) is 18.2 Å². The van der Waals surface area contributed by atoms with Crippen LogP contribution in [0.3, 0.4) is 0 Å². The van der Waals surface area contributed by atoms with Crippen LogP contribution in [-0.4, -0.2) is 10.5 Å². The van der Waals surface area contributed by atoms with Gasteiger partial charge in [-0.3, -0.25) is 0 Å². The van der Waals surface area contributed by atoms with Gasteiger partial charge < -0.3 is 4.43 Å². The lowest BCUT2D eigenvalue weighted by Crippen LogP contribution is -1.99. The summed E-state index contributed by atoms with van der Waals surface area (Å²) in [4.78, 5) is 0. The Balaban J connectivity index is 3.03. The molecule has 0 fully saturated rings. The highest BCUT2D eigenvalue weighted by Gasteiger charge is 2.03. The maximum Gasteiger partial charge on any atom is 0.246 e. The molecule has 0 saturated carbocycles. The summed E-state index contributed by atoms with van der Waals surface area (Å²) in [7, 11) is 3.04. The van der Waals surface area contributed by atoms with Crippen LogP contribution in [-0.2, 0) is 23.9 Å². The third kappa shape index (κ3) is 2.42. The summed E-state index contributed by atoms with van der Waals surface area (Å²) in [6.45, 7) is 5.02. The molecular weight excluding hydrogens is 176 g/mol. The first kappa shape index (κ1) is 10.5. The van der Waals surface area contributed by atoms with Gasteiger partial charge in [0.05, 0.1) is 6.61 Å². The smallest absolute Gasteiger partial charge is 0.246 e. The summed E-state index contributed by atoms with van der Waals surface area (Å²) in [5, 5.41) is 0. The molecule has 0 spiro atoms. The maximum absolute atomic E-state index is 4.98. The molecule has 0 bridgehead atoms. The molecule has 0 aliphatic carbocycles. The summed E-state index contributed by atoms with van der Waals surface area (Å²) < 4.78 is 4.98. The zero-order valence-electron chi connectivity index (χ0n) is 8.26. The van der Waals surface area contributed by atoms with Crippen LogP contribution in [0.25, 0.3) is 0 Å². The molecule has 2 heteroatoms. The average Bonchev–Trinajstić information content (AvgIpc) is 2.18. The Morgan fingerprint density at radius 2 is 1.85 bits per heavy atom. The van der Waals surface area contributed by atoms with Gasteiger partial charge in [-0.1, -0.05) is 32.0 Å². The normalized spacial score (nSPS) is 10.4. The Morgan fingerprint density at radius 1 is 1.15 bits per heavy atom. The van der Waals surface area contributed by atoms with Crippen LogP contribution in [0.2, 0.25) is 0 Å². The summed E-state index contributed by atoms with van der Waals surface area (Å²) in [5.74, 6) is 0. The van der Waals surface area contributed by atoms with E-state index in [-0.39, 0.29) is 0 Å². The van der Waals surface area contributed by atoms with E-state index in [1.54, 1.807) is 0 Å². The topological polar surface area (TPSA) is 9.23 Å². The second-order valence-corrected chi connectivity index (χ2v) is 3.34. The van der Waals surface area contributed by atoms with Gasteiger partial charge in [-0.2, -0.15) is 0 Å². The summed E-state index contributed by atoms with van der Waals surface area (Å²) in [6, 6.07) is 6.41. The van der Waals surface area contributed by atoms with Gasteiger partial charge in [0.1, 0.15) is 0 Å². The van der Waals surface area contributed by atoms with E-state index in [1.165, 1.54) is 16.7 Å². The van der Waals surface area contributed by atoms with Gasteiger partial charge in [-0.05, 0) is 29.5 Å². The molecule has 0 aromatic heterocycles. The molecule has 0 unspecified atom stereocenters. The van der Waals surface area contributed by atoms with Crippen molar-refractivity contribution in [2.24, 2.45) is 0 Å². The second kappa shape index (κ2) is 5.20. The third-order valence-electron chi connectivity index (χ3n) is 2.33.